The van der Waals surface area contributed by atoms with Crippen molar-refractivity contribution in [2.45, 2.75) is 13.8 Å². The fourth-order valence-corrected chi connectivity index (χ4v) is 3.24. The molecule has 0 radical (unpaired) electrons. The van der Waals surface area contributed by atoms with Crippen molar-refractivity contribution in [3.05, 3.63) is 53.1 Å². The average molecular weight is 308 g/mol. The topological polar surface area (TPSA) is 35.5 Å². The molecule has 22 heavy (non-hydrogen) atoms. The summed E-state index contributed by atoms with van der Waals surface area (Å²) in [4.78, 5) is 12.7. The molecular weight excluding hydrogens is 290 g/mol. The van der Waals surface area contributed by atoms with Crippen molar-refractivity contribution in [2.75, 3.05) is 14.2 Å². The molecule has 0 saturated carbocycles. The molecule has 2 aromatic carbocycles. The molecule has 0 bridgehead atoms. The zero-order chi connectivity index (χ0) is 15.4. The van der Waals surface area contributed by atoms with Crippen LogP contribution in [0.5, 0.6) is 11.5 Å². The van der Waals surface area contributed by atoms with Crippen LogP contribution in [0, 0.1) is 13.8 Å². The summed E-state index contributed by atoms with van der Waals surface area (Å²) in [7, 11) is 3.75. The summed E-state index contributed by atoms with van der Waals surface area (Å²) >= 11 is 0. The molecule has 3 nitrogen and oxygen atoms in total. The Balaban J connectivity index is 0.00000242. The smallest absolute Gasteiger partial charge is 0.496 e. The third-order valence-electron chi connectivity index (χ3n) is 3.29. The van der Waals surface area contributed by atoms with E-state index in [9.17, 15) is 4.79 Å². The minimum Gasteiger partial charge on any atom is -0.496 e. The second kappa shape index (κ2) is 8.39. The van der Waals surface area contributed by atoms with Crippen molar-refractivity contribution in [2.24, 2.45) is 0 Å². The van der Waals surface area contributed by atoms with E-state index < -0.39 is 0 Å². The number of carbonyl (C=O) groups is 1. The van der Waals surface area contributed by atoms with E-state index in [-0.39, 0.29) is 24.4 Å². The Kier molecular flexibility index (Phi) is 7.17. The molecular formula is C17H18LiO3P. The van der Waals surface area contributed by atoms with Gasteiger partial charge in [0, 0.05) is 5.52 Å². The largest absolute Gasteiger partial charge is 1.00 e. The van der Waals surface area contributed by atoms with Gasteiger partial charge in [0.25, 0.3) is 0 Å². The molecule has 0 aliphatic carbocycles. The molecule has 2 aromatic rings. The summed E-state index contributed by atoms with van der Waals surface area (Å²) in [6, 6.07) is 11.4. The molecule has 0 spiro atoms. The van der Waals surface area contributed by atoms with E-state index in [0.717, 1.165) is 16.4 Å². The van der Waals surface area contributed by atoms with Crippen LogP contribution in [0.3, 0.4) is 0 Å². The van der Waals surface area contributed by atoms with E-state index in [4.69, 9.17) is 9.47 Å². The van der Waals surface area contributed by atoms with Gasteiger partial charge in [-0.1, -0.05) is 35.4 Å². The summed E-state index contributed by atoms with van der Waals surface area (Å²) < 4.78 is 10.6. The first kappa shape index (κ1) is 18.8. The number of hydrogen-bond donors (Lipinski definition) is 0. The van der Waals surface area contributed by atoms with Gasteiger partial charge in [0.15, 0.2) is 0 Å². The zero-order valence-electron chi connectivity index (χ0n) is 13.6. The van der Waals surface area contributed by atoms with Crippen LogP contribution >= 0.6 is 8.58 Å². The van der Waals surface area contributed by atoms with E-state index in [1.807, 2.05) is 38.1 Å². The van der Waals surface area contributed by atoms with Gasteiger partial charge in [0.05, 0.1) is 19.8 Å². The minimum absolute atomic E-state index is 0. The van der Waals surface area contributed by atoms with Crippen molar-refractivity contribution in [3.63, 3.8) is 0 Å². The summed E-state index contributed by atoms with van der Waals surface area (Å²) in [5.41, 5.74) is 2.69. The Hall–Kier alpha value is -1.26. The van der Waals surface area contributed by atoms with Gasteiger partial charge < -0.3 is 22.8 Å². The van der Waals surface area contributed by atoms with Gasteiger partial charge in [-0.15, -0.1) is 0 Å². The van der Waals surface area contributed by atoms with Gasteiger partial charge in [0.1, 0.15) is 11.5 Å². The first-order valence-corrected chi connectivity index (χ1v) is 7.51. The second-order valence-electron chi connectivity index (χ2n) is 4.69. The number of hydrogen-bond acceptors (Lipinski definition) is 3. The number of benzene rings is 2. The van der Waals surface area contributed by atoms with Crippen LogP contribution in [0.1, 0.15) is 21.5 Å². The number of aryl methyl sites for hydroxylation is 2. The molecule has 0 atom stereocenters. The number of carbonyl (C=O) groups excluding carboxylic acids is 1. The number of rotatable bonds is 5. The Bertz CT molecular complexity index is 628. The van der Waals surface area contributed by atoms with Crippen LogP contribution in [0.25, 0.3) is 0 Å². The van der Waals surface area contributed by atoms with Crippen molar-refractivity contribution in [1.29, 1.82) is 0 Å². The maximum Gasteiger partial charge on any atom is 1.00 e. The van der Waals surface area contributed by atoms with E-state index in [1.165, 1.54) is 0 Å². The van der Waals surface area contributed by atoms with Crippen LogP contribution in [0.15, 0.2) is 36.4 Å². The normalized spacial score (nSPS) is 10.4. The molecule has 0 aromatic heterocycles. The first-order valence-electron chi connectivity index (χ1n) is 6.61. The molecule has 0 aliphatic heterocycles. The van der Waals surface area contributed by atoms with Gasteiger partial charge >= 0.3 is 18.9 Å². The maximum atomic E-state index is 12.7. The zero-order valence-corrected chi connectivity index (χ0v) is 14.5. The fourth-order valence-electron chi connectivity index (χ4n) is 2.20. The van der Waals surface area contributed by atoms with Crippen LogP contribution in [0.2, 0.25) is 0 Å². The van der Waals surface area contributed by atoms with E-state index in [2.05, 4.69) is 0 Å². The van der Waals surface area contributed by atoms with Crippen molar-refractivity contribution >= 4 is 19.4 Å². The Labute approximate surface area is 145 Å². The number of ether oxygens (including phenoxy) is 2. The summed E-state index contributed by atoms with van der Waals surface area (Å²) in [6.07, 6.45) is 0. The predicted octanol–water partition coefficient (Wildman–Crippen LogP) is 0.737. The minimum atomic E-state index is -0.0262. The standard InChI is InChI=1S/C17H18O3P.Li/c1-11-7-5-8-12(2)16(11)21-17(18)15-13(19-3)9-6-10-14(15)20-4;/h5-10H,1-4H3;/q-1;+1. The monoisotopic (exact) mass is 308 g/mol. The summed E-state index contributed by atoms with van der Waals surface area (Å²) in [6.45, 7) is 4.03. The second-order valence-corrected chi connectivity index (χ2v) is 5.77. The van der Waals surface area contributed by atoms with Crippen LogP contribution in [-0.2, 0) is 0 Å². The molecule has 0 amide bonds. The SMILES string of the molecule is COc1cccc(OC)c1C(=O)[P-]c1c(C)cccc1C.[Li+]. The van der Waals surface area contributed by atoms with Crippen molar-refractivity contribution < 1.29 is 33.1 Å². The fraction of sp³-hybridized carbons (Fsp3) is 0.235. The number of methoxy groups -OCH3 is 2. The molecule has 2 rings (SSSR count). The Morgan fingerprint density at radius 1 is 0.909 bits per heavy atom. The molecule has 5 heteroatoms. The molecule has 0 saturated heterocycles. The van der Waals surface area contributed by atoms with Gasteiger partial charge in [-0.2, -0.15) is 5.30 Å². The van der Waals surface area contributed by atoms with Gasteiger partial charge in [-0.25, -0.2) is 0 Å². The quantitative estimate of drug-likeness (QED) is 0.604. The third kappa shape index (κ3) is 3.93. The Morgan fingerprint density at radius 3 is 1.82 bits per heavy atom. The van der Waals surface area contributed by atoms with Crippen LogP contribution in [0.4, 0.5) is 0 Å². The van der Waals surface area contributed by atoms with E-state index >= 15 is 0 Å². The van der Waals surface area contributed by atoms with Crippen LogP contribution < -0.4 is 33.6 Å². The molecule has 0 aliphatic rings. The average Bonchev–Trinajstić information content (AvgIpc) is 2.49. The molecule has 0 heterocycles. The first-order chi connectivity index (χ1) is 10.1. The molecule has 0 unspecified atom stereocenters. The van der Waals surface area contributed by atoms with Gasteiger partial charge in [-0.05, 0) is 26.0 Å². The summed E-state index contributed by atoms with van der Waals surface area (Å²) in [5, 5.41) is 1.04. The predicted molar refractivity (Wildman–Crippen MR) is 86.3 cm³/mol. The van der Waals surface area contributed by atoms with Gasteiger partial charge in [0.2, 0.25) is 0 Å². The molecule has 0 fully saturated rings. The Morgan fingerprint density at radius 2 is 1.36 bits per heavy atom. The maximum absolute atomic E-state index is 12.7. The van der Waals surface area contributed by atoms with Crippen molar-refractivity contribution in [3.8, 4) is 11.5 Å². The van der Waals surface area contributed by atoms with E-state index in [1.54, 1.807) is 26.4 Å². The van der Waals surface area contributed by atoms with Gasteiger partial charge in [-0.3, -0.25) is 0 Å². The summed E-state index contributed by atoms with van der Waals surface area (Å²) in [5.74, 6) is 1.08. The molecule has 110 valence electrons. The van der Waals surface area contributed by atoms with E-state index in [0.29, 0.717) is 25.6 Å². The van der Waals surface area contributed by atoms with Crippen LogP contribution in [-0.4, -0.2) is 19.7 Å². The molecule has 0 N–H and O–H groups in total. The third-order valence-corrected chi connectivity index (χ3v) is 4.65. The van der Waals surface area contributed by atoms with Crippen molar-refractivity contribution in [1.82, 2.24) is 0 Å².